The lowest BCUT2D eigenvalue weighted by atomic mass is 9.97. The van der Waals surface area contributed by atoms with Crippen molar-refractivity contribution in [2.24, 2.45) is 0 Å². The number of hydrogen-bond acceptors (Lipinski definition) is 5. The van der Waals surface area contributed by atoms with Gasteiger partial charge < -0.3 is 9.47 Å². The van der Waals surface area contributed by atoms with Crippen LogP contribution in [0.1, 0.15) is 21.5 Å². The van der Waals surface area contributed by atoms with Crippen molar-refractivity contribution >= 4 is 25.7 Å². The van der Waals surface area contributed by atoms with Gasteiger partial charge in [0.25, 0.3) is 9.05 Å². The van der Waals surface area contributed by atoms with E-state index in [2.05, 4.69) is 4.74 Å². The normalized spacial score (nSPS) is 15.0. The Hall–Kier alpha value is -1.11. The smallest absolute Gasteiger partial charge is 0.338 e. The maximum absolute atomic E-state index is 11.7. The molecule has 0 aromatic heterocycles. The van der Waals surface area contributed by atoms with Crippen molar-refractivity contribution in [3.05, 3.63) is 28.8 Å². The molecule has 0 aliphatic carbocycles. The van der Waals surface area contributed by atoms with Crippen LogP contribution in [0, 0.1) is 0 Å². The number of halogens is 1. The second-order valence-corrected chi connectivity index (χ2v) is 6.41. The molecule has 7 heteroatoms. The number of methoxy groups -OCH3 is 1. The van der Waals surface area contributed by atoms with Gasteiger partial charge in [-0.1, -0.05) is 0 Å². The van der Waals surface area contributed by atoms with E-state index in [0.29, 0.717) is 18.6 Å². The van der Waals surface area contributed by atoms with Crippen LogP contribution in [0.4, 0.5) is 0 Å². The maximum Gasteiger partial charge on any atom is 0.338 e. The van der Waals surface area contributed by atoms with Gasteiger partial charge in [-0.15, -0.1) is 0 Å². The summed E-state index contributed by atoms with van der Waals surface area (Å²) in [5.74, 6) is -0.574. The molecule has 0 bridgehead atoms. The Morgan fingerprint density at radius 3 is 2.78 bits per heavy atom. The van der Waals surface area contributed by atoms with Gasteiger partial charge >= 0.3 is 5.97 Å². The van der Waals surface area contributed by atoms with Crippen molar-refractivity contribution in [3.63, 3.8) is 0 Å². The third kappa shape index (κ3) is 2.50. The lowest BCUT2D eigenvalue weighted by molar-refractivity contribution is 0.0594. The van der Waals surface area contributed by atoms with Gasteiger partial charge in [0.05, 0.1) is 30.8 Å². The number of fused-ring (bicyclic) bond motifs is 1. The Balaban J connectivity index is 2.66. The number of ether oxygens (including phenoxy) is 2. The average molecular weight is 291 g/mol. The number of hydrogen-bond donors (Lipinski definition) is 0. The molecular weight excluding hydrogens is 280 g/mol. The van der Waals surface area contributed by atoms with Crippen molar-refractivity contribution in [2.75, 3.05) is 13.7 Å². The summed E-state index contributed by atoms with van der Waals surface area (Å²) in [4.78, 5) is 11.5. The average Bonchev–Trinajstić information content (AvgIpc) is 2.35. The minimum Gasteiger partial charge on any atom is -0.465 e. The minimum atomic E-state index is -3.89. The van der Waals surface area contributed by atoms with E-state index < -0.39 is 15.0 Å². The van der Waals surface area contributed by atoms with Gasteiger partial charge in [0.2, 0.25) is 0 Å². The van der Waals surface area contributed by atoms with Gasteiger partial charge in [0.1, 0.15) is 0 Å². The standard InChI is InChI=1S/C11H11ClO5S/c1-16-11(13)10-5-8(18(12,14)15)4-7-6-17-3-2-9(7)10/h4-5H,2-3,6H2,1H3. The number of rotatable bonds is 2. The minimum absolute atomic E-state index is 0.117. The molecule has 0 spiro atoms. The summed E-state index contributed by atoms with van der Waals surface area (Å²) in [6.07, 6.45) is 0.544. The van der Waals surface area contributed by atoms with Crippen LogP contribution in [0.25, 0.3) is 0 Å². The first kappa shape index (κ1) is 13.3. The maximum atomic E-state index is 11.7. The summed E-state index contributed by atoms with van der Waals surface area (Å²) in [5.41, 5.74) is 1.65. The molecule has 0 atom stereocenters. The van der Waals surface area contributed by atoms with Crippen LogP contribution in [-0.2, 0) is 31.6 Å². The van der Waals surface area contributed by atoms with Crippen LogP contribution in [-0.4, -0.2) is 28.1 Å². The molecule has 0 N–H and O–H groups in total. The third-order valence-corrected chi connectivity index (χ3v) is 4.09. The predicted molar refractivity (Wildman–Crippen MR) is 64.2 cm³/mol. The zero-order chi connectivity index (χ0) is 13.3. The van der Waals surface area contributed by atoms with Crippen molar-refractivity contribution in [2.45, 2.75) is 17.9 Å². The predicted octanol–water partition coefficient (Wildman–Crippen LogP) is 1.47. The first-order valence-electron chi connectivity index (χ1n) is 5.20. The summed E-state index contributed by atoms with van der Waals surface area (Å²) >= 11 is 0. The van der Waals surface area contributed by atoms with Gasteiger partial charge in [-0.2, -0.15) is 0 Å². The van der Waals surface area contributed by atoms with E-state index in [-0.39, 0.29) is 17.1 Å². The fraction of sp³-hybridized carbons (Fsp3) is 0.364. The molecule has 2 rings (SSSR count). The molecule has 0 radical (unpaired) electrons. The zero-order valence-electron chi connectivity index (χ0n) is 9.60. The molecule has 0 amide bonds. The monoisotopic (exact) mass is 290 g/mol. The first-order chi connectivity index (χ1) is 8.43. The highest BCUT2D eigenvalue weighted by Crippen LogP contribution is 2.27. The summed E-state index contributed by atoms with van der Waals surface area (Å²) in [5, 5.41) is 0. The van der Waals surface area contributed by atoms with Gasteiger partial charge in [0, 0.05) is 10.7 Å². The van der Waals surface area contributed by atoms with E-state index in [9.17, 15) is 13.2 Å². The summed E-state index contributed by atoms with van der Waals surface area (Å²) in [6.45, 7) is 0.754. The van der Waals surface area contributed by atoms with E-state index in [1.807, 2.05) is 0 Å². The molecule has 5 nitrogen and oxygen atoms in total. The lowest BCUT2D eigenvalue weighted by Crippen LogP contribution is -2.17. The summed E-state index contributed by atoms with van der Waals surface area (Å²) in [7, 11) is 2.65. The van der Waals surface area contributed by atoms with Gasteiger partial charge in [-0.3, -0.25) is 0 Å². The molecular formula is C11H11ClO5S. The van der Waals surface area contributed by atoms with Crippen LogP contribution in [0.15, 0.2) is 17.0 Å². The SMILES string of the molecule is COC(=O)c1cc(S(=O)(=O)Cl)cc2c1CCOC2. The second kappa shape index (κ2) is 4.87. The van der Waals surface area contributed by atoms with Crippen LogP contribution in [0.3, 0.4) is 0 Å². The number of carbonyl (C=O) groups excluding carboxylic acids is 1. The second-order valence-electron chi connectivity index (χ2n) is 3.84. The van der Waals surface area contributed by atoms with E-state index >= 15 is 0 Å². The Labute approximate surface area is 109 Å². The van der Waals surface area contributed by atoms with E-state index in [1.165, 1.54) is 19.2 Å². The highest BCUT2D eigenvalue weighted by atomic mass is 35.7. The number of esters is 1. The molecule has 1 aliphatic rings. The topological polar surface area (TPSA) is 69.7 Å². The highest BCUT2D eigenvalue weighted by Gasteiger charge is 2.23. The fourth-order valence-corrected chi connectivity index (χ4v) is 2.72. The first-order valence-corrected chi connectivity index (χ1v) is 7.51. The Kier molecular flexibility index (Phi) is 3.61. The van der Waals surface area contributed by atoms with Gasteiger partial charge in [-0.05, 0) is 29.7 Å². The van der Waals surface area contributed by atoms with Gasteiger partial charge in [-0.25, -0.2) is 13.2 Å². The summed E-state index contributed by atoms with van der Waals surface area (Å²) in [6, 6.07) is 2.68. The molecule has 1 heterocycles. The van der Waals surface area contributed by atoms with E-state index in [4.69, 9.17) is 15.4 Å². The zero-order valence-corrected chi connectivity index (χ0v) is 11.2. The molecule has 1 aromatic carbocycles. The molecule has 0 unspecified atom stereocenters. The fourth-order valence-electron chi connectivity index (χ4n) is 1.92. The molecule has 98 valence electrons. The van der Waals surface area contributed by atoms with Crippen LogP contribution in [0.5, 0.6) is 0 Å². The Morgan fingerprint density at radius 1 is 1.44 bits per heavy atom. The molecule has 0 fully saturated rings. The van der Waals surface area contributed by atoms with Gasteiger partial charge in [0.15, 0.2) is 0 Å². The molecule has 1 aliphatic heterocycles. The molecule has 18 heavy (non-hydrogen) atoms. The quantitative estimate of drug-likeness (QED) is 0.609. The Bertz CT molecular complexity index is 594. The number of benzene rings is 1. The van der Waals surface area contributed by atoms with Crippen LogP contribution in [0.2, 0.25) is 0 Å². The number of carbonyl (C=O) groups is 1. The molecule has 0 saturated carbocycles. The molecule has 0 saturated heterocycles. The summed E-state index contributed by atoms with van der Waals surface area (Å²) < 4.78 is 32.6. The lowest BCUT2D eigenvalue weighted by Gasteiger charge is -2.19. The molecule has 1 aromatic rings. The van der Waals surface area contributed by atoms with Crippen molar-refractivity contribution in [3.8, 4) is 0 Å². The largest absolute Gasteiger partial charge is 0.465 e. The van der Waals surface area contributed by atoms with Crippen LogP contribution >= 0.6 is 10.7 Å². The van der Waals surface area contributed by atoms with Crippen LogP contribution < -0.4 is 0 Å². The van der Waals surface area contributed by atoms with Crippen molar-refractivity contribution in [1.29, 1.82) is 0 Å². The Morgan fingerprint density at radius 2 is 2.17 bits per heavy atom. The van der Waals surface area contributed by atoms with Crippen molar-refractivity contribution < 1.29 is 22.7 Å². The third-order valence-electron chi connectivity index (χ3n) is 2.76. The van der Waals surface area contributed by atoms with E-state index in [1.54, 1.807) is 0 Å². The highest BCUT2D eigenvalue weighted by molar-refractivity contribution is 8.13. The van der Waals surface area contributed by atoms with Crippen molar-refractivity contribution in [1.82, 2.24) is 0 Å². The van der Waals surface area contributed by atoms with E-state index in [0.717, 1.165) is 5.56 Å².